The third kappa shape index (κ3) is 14.5. The van der Waals surface area contributed by atoms with Gasteiger partial charge in [-0.05, 0) is 26.2 Å². The Morgan fingerprint density at radius 2 is 1.59 bits per heavy atom. The van der Waals surface area contributed by atoms with E-state index in [-0.39, 0.29) is 19.3 Å². The number of allylic oxidation sites excluding steroid dienone is 9. The number of aliphatic hydroxyl groups is 6. The molecule has 0 bridgehead atoms. The average molecular weight is 751 g/mol. The van der Waals surface area contributed by atoms with Crippen molar-refractivity contribution in [1.82, 2.24) is 0 Å². The largest absolute Gasteiger partial charge is 0.481 e. The summed E-state index contributed by atoms with van der Waals surface area (Å²) < 4.78 is 5.78. The smallest absolute Gasteiger partial charge is 0.331 e. The van der Waals surface area contributed by atoms with E-state index in [1.807, 2.05) is 13.8 Å². The van der Waals surface area contributed by atoms with Gasteiger partial charge in [0.25, 0.3) is 0 Å². The van der Waals surface area contributed by atoms with Crippen LogP contribution < -0.4 is 0 Å². The maximum absolute atomic E-state index is 12.1. The van der Waals surface area contributed by atoms with Crippen LogP contribution in [-0.2, 0) is 14.3 Å². The fourth-order valence-electron chi connectivity index (χ4n) is 4.37. The van der Waals surface area contributed by atoms with Crippen LogP contribution in [-0.4, -0.2) is 95.2 Å². The Bertz CT molecular complexity index is 1080. The first kappa shape index (κ1) is 40.1. The minimum atomic E-state index is -1.54. The number of ether oxygens (including phenoxy) is 1. The summed E-state index contributed by atoms with van der Waals surface area (Å²) in [6, 6.07) is 0. The van der Waals surface area contributed by atoms with Crippen LogP contribution in [0.15, 0.2) is 70.8 Å². The van der Waals surface area contributed by atoms with Gasteiger partial charge in [-0.25, -0.2) is 4.79 Å². The van der Waals surface area contributed by atoms with Gasteiger partial charge in [0, 0.05) is 29.3 Å². The molecule has 0 aliphatic heterocycles. The Morgan fingerprint density at radius 3 is 2.23 bits per heavy atom. The molecule has 7 N–H and O–H groups in total. The van der Waals surface area contributed by atoms with Gasteiger partial charge in [0.1, 0.15) is 12.2 Å². The summed E-state index contributed by atoms with van der Waals surface area (Å²) in [5.41, 5.74) is 0.848. The third-order valence-electron chi connectivity index (χ3n) is 7.24. The molecule has 1 rings (SSSR count). The fraction of sp³-hybridized carbons (Fsp3) is 0.562. The van der Waals surface area contributed by atoms with Crippen molar-refractivity contribution in [3.05, 3.63) is 70.8 Å². The lowest BCUT2D eigenvalue weighted by molar-refractivity contribution is -0.159. The molecule has 0 spiro atoms. The van der Waals surface area contributed by atoms with Crippen LogP contribution in [0.5, 0.6) is 0 Å². The normalized spacial score (nSPS) is 25.3. The van der Waals surface area contributed by atoms with Crippen LogP contribution in [0.25, 0.3) is 0 Å². The number of alkyl halides is 1. The Labute approximate surface area is 276 Å². The maximum Gasteiger partial charge on any atom is 0.331 e. The summed E-state index contributed by atoms with van der Waals surface area (Å²) in [6.45, 7) is 5.41. The monoisotopic (exact) mass is 748 g/mol. The lowest BCUT2D eigenvalue weighted by atomic mass is 9.85. The van der Waals surface area contributed by atoms with Crippen molar-refractivity contribution in [3.8, 4) is 0 Å². The first-order valence-corrected chi connectivity index (χ1v) is 16.3. The van der Waals surface area contributed by atoms with E-state index in [0.717, 1.165) is 12.0 Å². The van der Waals surface area contributed by atoms with Gasteiger partial charge in [-0.3, -0.25) is 4.79 Å². The van der Waals surface area contributed by atoms with Crippen molar-refractivity contribution >= 4 is 43.8 Å². The molecule has 0 radical (unpaired) electrons. The zero-order valence-corrected chi connectivity index (χ0v) is 28.4. The lowest BCUT2D eigenvalue weighted by Crippen LogP contribution is -2.44. The van der Waals surface area contributed by atoms with Crippen LogP contribution in [0.1, 0.15) is 52.9 Å². The van der Waals surface area contributed by atoms with Crippen molar-refractivity contribution < 1.29 is 50.1 Å². The number of carboxylic acids is 1. The molecule has 1 aliphatic carbocycles. The molecule has 10 nitrogen and oxygen atoms in total. The predicted molar refractivity (Wildman–Crippen MR) is 175 cm³/mol. The summed E-state index contributed by atoms with van der Waals surface area (Å²) >= 11 is 6.60. The van der Waals surface area contributed by atoms with E-state index in [9.17, 15) is 40.2 Å². The zero-order valence-electron chi connectivity index (χ0n) is 25.2. The number of aliphatic carboxylic acids is 1. The number of halogens is 2. The first-order valence-electron chi connectivity index (χ1n) is 14.6. The van der Waals surface area contributed by atoms with Crippen molar-refractivity contribution in [2.75, 3.05) is 0 Å². The topological polar surface area (TPSA) is 185 Å². The molecule has 1 aliphatic rings. The van der Waals surface area contributed by atoms with Gasteiger partial charge in [-0.15, -0.1) is 0 Å². The summed E-state index contributed by atoms with van der Waals surface area (Å²) in [5, 5.41) is 71.0. The molecule has 12 heteroatoms. The van der Waals surface area contributed by atoms with Crippen molar-refractivity contribution in [2.24, 2.45) is 11.8 Å². The Kier molecular flexibility index (Phi) is 19.1. The first-order chi connectivity index (χ1) is 20.7. The number of carbonyl (C=O) groups is 2. The fourth-order valence-corrected chi connectivity index (χ4v) is 5.18. The van der Waals surface area contributed by atoms with E-state index in [0.29, 0.717) is 10.9 Å². The molecule has 10 unspecified atom stereocenters. The van der Waals surface area contributed by atoms with Crippen LogP contribution >= 0.6 is 31.9 Å². The quantitative estimate of drug-likeness (QED) is 0.0381. The number of hydrogen-bond acceptors (Lipinski definition) is 9. The second-order valence-electron chi connectivity index (χ2n) is 10.9. The highest BCUT2D eigenvalue weighted by atomic mass is 79.9. The van der Waals surface area contributed by atoms with Gasteiger partial charge in [0.15, 0.2) is 0 Å². The highest BCUT2D eigenvalue weighted by Crippen LogP contribution is 2.28. The van der Waals surface area contributed by atoms with Gasteiger partial charge in [0.2, 0.25) is 0 Å². The third-order valence-corrected chi connectivity index (χ3v) is 9.38. The van der Waals surface area contributed by atoms with E-state index in [1.165, 1.54) is 18.2 Å². The average Bonchev–Trinajstić information content (AvgIpc) is 2.99. The van der Waals surface area contributed by atoms with E-state index in [1.54, 1.807) is 49.5 Å². The minimum Gasteiger partial charge on any atom is -0.481 e. The van der Waals surface area contributed by atoms with Crippen molar-refractivity contribution in [3.63, 3.8) is 0 Å². The Balaban J connectivity index is 2.60. The van der Waals surface area contributed by atoms with Gasteiger partial charge in [0.05, 0.1) is 41.3 Å². The van der Waals surface area contributed by atoms with E-state index >= 15 is 0 Å². The molecular formula is C32H46Br2O10. The standard InChI is InChI=1S/C32H46Br2O10/c1-4-5-13-24(36)29(34)25(37)18-26(38)31(41)30(40)20(3)22(33)12-8-6-10-19(2)11-7-9-14-28(39)44-27-17-21(32(42)43)15-16-23(27)35/h5-14,20-21,23-27,29-31,35-38,40-41H,4,15-18H2,1-3H3,(H,42,43)/b8-6+,11-7+,13-5+,14-9+,19-10+,22-12-. The predicted octanol–water partition coefficient (Wildman–Crippen LogP) is 3.60. The summed E-state index contributed by atoms with van der Waals surface area (Å²) in [6.07, 6.45) is 9.24. The molecule has 0 aromatic rings. The summed E-state index contributed by atoms with van der Waals surface area (Å²) in [7, 11) is 0. The number of esters is 1. The van der Waals surface area contributed by atoms with Gasteiger partial charge in [-0.1, -0.05) is 106 Å². The molecule has 0 saturated heterocycles. The van der Waals surface area contributed by atoms with Crippen LogP contribution in [0.4, 0.5) is 0 Å². The second-order valence-corrected chi connectivity index (χ2v) is 12.8. The SMILES string of the molecule is CC/C=C/C(O)C(Br)C(O)CC(O)C(O)C(O)C(C)/C(Br)=C/C=C/C=C(C)/C=C/C=C/C(=O)OC1CC(C(=O)O)CCC1O. The lowest BCUT2D eigenvalue weighted by Gasteiger charge is -2.30. The van der Waals surface area contributed by atoms with Crippen molar-refractivity contribution in [1.29, 1.82) is 0 Å². The van der Waals surface area contributed by atoms with Crippen molar-refractivity contribution in [2.45, 2.75) is 100 Å². The van der Waals surface area contributed by atoms with Gasteiger partial charge in [-0.2, -0.15) is 0 Å². The molecule has 0 aromatic heterocycles. The van der Waals surface area contributed by atoms with Gasteiger partial charge < -0.3 is 40.5 Å². The van der Waals surface area contributed by atoms with E-state index in [2.05, 4.69) is 31.9 Å². The molecule has 44 heavy (non-hydrogen) atoms. The summed E-state index contributed by atoms with van der Waals surface area (Å²) in [5.74, 6) is -2.86. The molecular weight excluding hydrogens is 704 g/mol. The number of hydrogen-bond donors (Lipinski definition) is 7. The molecule has 1 saturated carbocycles. The molecule has 0 heterocycles. The minimum absolute atomic E-state index is 0.0794. The molecule has 248 valence electrons. The Morgan fingerprint density at radius 1 is 0.955 bits per heavy atom. The summed E-state index contributed by atoms with van der Waals surface area (Å²) in [4.78, 5) is 22.5. The van der Waals surface area contributed by atoms with Crippen LogP contribution in [0.3, 0.4) is 0 Å². The zero-order chi connectivity index (χ0) is 33.4. The highest BCUT2D eigenvalue weighted by Gasteiger charge is 2.35. The second kappa shape index (κ2) is 21.0. The number of carboxylic acid groups (broad SMARTS) is 1. The highest BCUT2D eigenvalue weighted by molar-refractivity contribution is 9.11. The molecule has 0 aromatic carbocycles. The molecule has 10 atom stereocenters. The van der Waals surface area contributed by atoms with Gasteiger partial charge >= 0.3 is 11.9 Å². The Hall–Kier alpha value is -1.90. The van der Waals surface area contributed by atoms with E-state index < -0.39 is 71.3 Å². The number of carbonyl (C=O) groups excluding carboxylic acids is 1. The molecule has 1 fully saturated rings. The van der Waals surface area contributed by atoms with E-state index in [4.69, 9.17) is 9.84 Å². The molecule has 0 amide bonds. The van der Waals surface area contributed by atoms with Crippen LogP contribution in [0.2, 0.25) is 0 Å². The van der Waals surface area contributed by atoms with Crippen LogP contribution in [0, 0.1) is 11.8 Å². The number of rotatable bonds is 17. The maximum atomic E-state index is 12.1. The number of aliphatic hydroxyl groups excluding tert-OH is 6.